The maximum atomic E-state index is 11.7. The Hall–Kier alpha value is -1.90. The fraction of sp³-hybridized carbons (Fsp3) is 0.333. The van der Waals surface area contributed by atoms with Crippen LogP contribution in [-0.2, 0) is 16.0 Å². The molecule has 1 N–H and O–H groups in total. The van der Waals surface area contributed by atoms with Crippen molar-refractivity contribution >= 4 is 17.8 Å². The third-order valence-electron chi connectivity index (χ3n) is 3.13. The van der Waals surface area contributed by atoms with Crippen LogP contribution in [0.15, 0.2) is 29.8 Å². The Bertz CT molecular complexity index is 483. The molecule has 0 aromatic heterocycles. The molecule has 0 bridgehead atoms. The van der Waals surface area contributed by atoms with Crippen LogP contribution in [0, 0.1) is 0 Å². The van der Waals surface area contributed by atoms with Gasteiger partial charge < -0.3 is 5.11 Å². The van der Waals surface area contributed by atoms with Gasteiger partial charge in [-0.15, -0.1) is 0 Å². The summed E-state index contributed by atoms with van der Waals surface area (Å²) in [5, 5.41) is 8.68. The largest absolute Gasteiger partial charge is 0.481 e. The van der Waals surface area contributed by atoms with E-state index < -0.39 is 5.97 Å². The van der Waals surface area contributed by atoms with Gasteiger partial charge in [0.15, 0.2) is 5.78 Å². The van der Waals surface area contributed by atoms with Crippen molar-refractivity contribution in [1.82, 2.24) is 0 Å². The zero-order valence-corrected chi connectivity index (χ0v) is 10.2. The smallest absolute Gasteiger partial charge is 0.307 e. The number of carboxylic acid groups (broad SMARTS) is 1. The second-order valence-corrected chi connectivity index (χ2v) is 4.61. The Balaban J connectivity index is 2.12. The van der Waals surface area contributed by atoms with E-state index in [1.165, 1.54) is 0 Å². The number of carbonyl (C=O) groups excluding carboxylic acids is 1. The van der Waals surface area contributed by atoms with Gasteiger partial charge in [0.2, 0.25) is 0 Å². The molecule has 1 aliphatic carbocycles. The highest BCUT2D eigenvalue weighted by Gasteiger charge is 2.14. The molecule has 1 aromatic rings. The van der Waals surface area contributed by atoms with Crippen molar-refractivity contribution in [1.29, 1.82) is 0 Å². The Morgan fingerprint density at radius 1 is 1.17 bits per heavy atom. The molecule has 0 saturated heterocycles. The van der Waals surface area contributed by atoms with Gasteiger partial charge in [0.1, 0.15) is 0 Å². The number of Topliss-reactive ketones (excluding diaryl/α,β-unsaturated/α-hetero) is 1. The second kappa shape index (κ2) is 5.63. The molecule has 0 radical (unpaired) electrons. The van der Waals surface area contributed by atoms with Gasteiger partial charge in [0.05, 0.1) is 6.42 Å². The number of ketones is 1. The SMILES string of the molecule is O=C(O)Cc1ccc(/C=C2/CCCCC2=O)cc1. The molecule has 1 fully saturated rings. The van der Waals surface area contributed by atoms with E-state index in [2.05, 4.69) is 0 Å². The van der Waals surface area contributed by atoms with Gasteiger partial charge >= 0.3 is 5.97 Å². The number of aliphatic carboxylic acids is 1. The third-order valence-corrected chi connectivity index (χ3v) is 3.13. The molecule has 3 nitrogen and oxygen atoms in total. The molecule has 0 heterocycles. The molecule has 94 valence electrons. The van der Waals surface area contributed by atoms with Gasteiger partial charge in [-0.1, -0.05) is 24.3 Å². The minimum Gasteiger partial charge on any atom is -0.481 e. The molecule has 0 spiro atoms. The number of hydrogen-bond donors (Lipinski definition) is 1. The van der Waals surface area contributed by atoms with E-state index in [1.54, 1.807) is 12.1 Å². The lowest BCUT2D eigenvalue weighted by Crippen LogP contribution is -2.07. The van der Waals surface area contributed by atoms with E-state index in [1.807, 2.05) is 18.2 Å². The molecular weight excluding hydrogens is 228 g/mol. The van der Waals surface area contributed by atoms with E-state index in [0.29, 0.717) is 6.42 Å². The molecule has 2 rings (SSSR count). The third kappa shape index (κ3) is 3.29. The first-order valence-corrected chi connectivity index (χ1v) is 6.19. The van der Waals surface area contributed by atoms with E-state index in [-0.39, 0.29) is 12.2 Å². The van der Waals surface area contributed by atoms with Crippen LogP contribution in [0.5, 0.6) is 0 Å². The topological polar surface area (TPSA) is 54.4 Å². The van der Waals surface area contributed by atoms with Crippen molar-refractivity contribution in [3.05, 3.63) is 41.0 Å². The zero-order chi connectivity index (χ0) is 13.0. The van der Waals surface area contributed by atoms with Crippen molar-refractivity contribution in [2.45, 2.75) is 32.1 Å². The standard InChI is InChI=1S/C15H16O3/c16-14-4-2-1-3-13(14)9-11-5-7-12(8-6-11)10-15(17)18/h5-9H,1-4,10H2,(H,17,18)/b13-9-. The number of allylic oxidation sites excluding steroid dienone is 1. The first-order chi connectivity index (χ1) is 8.65. The summed E-state index contributed by atoms with van der Waals surface area (Å²) >= 11 is 0. The van der Waals surface area contributed by atoms with Gasteiger partial charge in [-0.25, -0.2) is 0 Å². The summed E-state index contributed by atoms with van der Waals surface area (Å²) in [5.74, 6) is -0.584. The molecule has 1 saturated carbocycles. The normalized spacial score (nSPS) is 18.0. The quantitative estimate of drug-likeness (QED) is 0.832. The average molecular weight is 244 g/mol. The lowest BCUT2D eigenvalue weighted by Gasteiger charge is -2.12. The van der Waals surface area contributed by atoms with Crippen molar-refractivity contribution in [2.24, 2.45) is 0 Å². The highest BCUT2D eigenvalue weighted by Crippen LogP contribution is 2.22. The van der Waals surface area contributed by atoms with Gasteiger partial charge in [0, 0.05) is 6.42 Å². The second-order valence-electron chi connectivity index (χ2n) is 4.61. The van der Waals surface area contributed by atoms with Gasteiger partial charge in [-0.3, -0.25) is 9.59 Å². The summed E-state index contributed by atoms with van der Waals surface area (Å²) in [6.07, 6.45) is 5.54. The maximum absolute atomic E-state index is 11.7. The minimum atomic E-state index is -0.830. The van der Waals surface area contributed by atoms with Gasteiger partial charge in [-0.2, -0.15) is 0 Å². The summed E-state index contributed by atoms with van der Waals surface area (Å²) in [5.41, 5.74) is 2.64. The van der Waals surface area contributed by atoms with Crippen LogP contribution in [-0.4, -0.2) is 16.9 Å². The Morgan fingerprint density at radius 2 is 1.83 bits per heavy atom. The van der Waals surface area contributed by atoms with Crippen LogP contribution in [0.4, 0.5) is 0 Å². The predicted octanol–water partition coefficient (Wildman–Crippen LogP) is 2.84. The zero-order valence-electron chi connectivity index (χ0n) is 10.2. The van der Waals surface area contributed by atoms with Gasteiger partial charge in [-0.05, 0) is 42.0 Å². The van der Waals surface area contributed by atoms with E-state index in [4.69, 9.17) is 5.11 Å². The van der Waals surface area contributed by atoms with Crippen LogP contribution in [0.3, 0.4) is 0 Å². The molecule has 0 atom stereocenters. The summed E-state index contributed by atoms with van der Waals surface area (Å²) < 4.78 is 0. The number of benzene rings is 1. The lowest BCUT2D eigenvalue weighted by molar-refractivity contribution is -0.136. The molecule has 0 aliphatic heterocycles. The van der Waals surface area contributed by atoms with Crippen molar-refractivity contribution in [3.63, 3.8) is 0 Å². The van der Waals surface area contributed by atoms with Crippen LogP contribution < -0.4 is 0 Å². The number of carbonyl (C=O) groups is 2. The fourth-order valence-corrected chi connectivity index (χ4v) is 2.16. The van der Waals surface area contributed by atoms with Crippen LogP contribution in [0.1, 0.15) is 36.8 Å². The first-order valence-electron chi connectivity index (χ1n) is 6.19. The average Bonchev–Trinajstić information content (AvgIpc) is 2.34. The summed E-state index contributed by atoms with van der Waals surface area (Å²) in [7, 11) is 0. The molecule has 0 unspecified atom stereocenters. The molecule has 0 amide bonds. The monoisotopic (exact) mass is 244 g/mol. The fourth-order valence-electron chi connectivity index (χ4n) is 2.16. The Morgan fingerprint density at radius 3 is 2.44 bits per heavy atom. The first kappa shape index (κ1) is 12.6. The van der Waals surface area contributed by atoms with Crippen molar-refractivity contribution < 1.29 is 14.7 Å². The minimum absolute atomic E-state index is 0.0375. The van der Waals surface area contributed by atoms with Crippen LogP contribution >= 0.6 is 0 Å². The number of carboxylic acids is 1. The molecule has 3 heteroatoms. The van der Waals surface area contributed by atoms with Gasteiger partial charge in [0.25, 0.3) is 0 Å². The van der Waals surface area contributed by atoms with Crippen molar-refractivity contribution in [2.75, 3.05) is 0 Å². The number of hydrogen-bond acceptors (Lipinski definition) is 2. The van der Waals surface area contributed by atoms with Crippen LogP contribution in [0.2, 0.25) is 0 Å². The maximum Gasteiger partial charge on any atom is 0.307 e. The highest BCUT2D eigenvalue weighted by molar-refractivity contribution is 6.00. The highest BCUT2D eigenvalue weighted by atomic mass is 16.4. The Kier molecular flexibility index (Phi) is 3.92. The van der Waals surface area contributed by atoms with Crippen molar-refractivity contribution in [3.8, 4) is 0 Å². The lowest BCUT2D eigenvalue weighted by atomic mass is 9.92. The summed E-state index contributed by atoms with van der Waals surface area (Å²) in [6, 6.07) is 7.34. The molecule has 1 aromatic carbocycles. The molecule has 18 heavy (non-hydrogen) atoms. The van der Waals surface area contributed by atoms with E-state index in [0.717, 1.165) is 36.0 Å². The van der Waals surface area contributed by atoms with E-state index >= 15 is 0 Å². The van der Waals surface area contributed by atoms with E-state index in [9.17, 15) is 9.59 Å². The molecule has 1 aliphatic rings. The summed E-state index contributed by atoms with van der Waals surface area (Å²) in [6.45, 7) is 0. The predicted molar refractivity (Wildman–Crippen MR) is 69.2 cm³/mol. The Labute approximate surface area is 106 Å². The summed E-state index contributed by atoms with van der Waals surface area (Å²) in [4.78, 5) is 22.2. The molecular formula is C15H16O3. The number of rotatable bonds is 3. The van der Waals surface area contributed by atoms with Crippen LogP contribution in [0.25, 0.3) is 6.08 Å².